The van der Waals surface area contributed by atoms with Gasteiger partial charge >= 0.3 is 0 Å². The Labute approximate surface area is 113 Å². The number of hydrogen-bond donors (Lipinski definition) is 2. The molecule has 1 aromatic carbocycles. The minimum atomic E-state index is -3.53. The van der Waals surface area contributed by atoms with Gasteiger partial charge in [0.2, 0.25) is 10.0 Å². The van der Waals surface area contributed by atoms with Crippen LogP contribution in [0.15, 0.2) is 23.1 Å². The highest BCUT2D eigenvalue weighted by molar-refractivity contribution is 7.89. The van der Waals surface area contributed by atoms with Crippen molar-refractivity contribution in [2.24, 2.45) is 0 Å². The third-order valence-corrected chi connectivity index (χ3v) is 4.61. The first-order valence-corrected chi connectivity index (χ1v) is 7.63. The summed E-state index contributed by atoms with van der Waals surface area (Å²) in [4.78, 5) is 0.201. The molecule has 102 valence electrons. The van der Waals surface area contributed by atoms with E-state index in [1.165, 1.54) is 6.07 Å². The van der Waals surface area contributed by atoms with Crippen LogP contribution < -0.4 is 4.72 Å². The summed E-state index contributed by atoms with van der Waals surface area (Å²) in [6, 6.07) is 4.79. The van der Waals surface area contributed by atoms with E-state index in [2.05, 4.69) is 4.72 Å². The highest BCUT2D eigenvalue weighted by atomic mass is 35.5. The quantitative estimate of drug-likeness (QED) is 0.789. The van der Waals surface area contributed by atoms with Crippen molar-refractivity contribution in [3.05, 3.63) is 28.8 Å². The second-order valence-electron chi connectivity index (χ2n) is 4.25. The Morgan fingerprint density at radius 1 is 1.44 bits per heavy atom. The molecule has 2 N–H and O–H groups in total. The lowest BCUT2D eigenvalue weighted by atomic mass is 10.2. The van der Waals surface area contributed by atoms with E-state index in [0.717, 1.165) is 0 Å². The van der Waals surface area contributed by atoms with Crippen LogP contribution in [0.25, 0.3) is 0 Å². The second-order valence-corrected chi connectivity index (χ2v) is 6.39. The highest BCUT2D eigenvalue weighted by Gasteiger charge is 2.17. The molecule has 0 saturated heterocycles. The largest absolute Gasteiger partial charge is 0.393 e. The minimum Gasteiger partial charge on any atom is -0.393 e. The van der Waals surface area contributed by atoms with E-state index in [-0.39, 0.29) is 4.90 Å². The van der Waals surface area contributed by atoms with Crippen molar-refractivity contribution in [3.63, 3.8) is 0 Å². The summed E-state index contributed by atoms with van der Waals surface area (Å²) >= 11 is 5.90. The maximum absolute atomic E-state index is 12.0. The fourth-order valence-electron chi connectivity index (χ4n) is 1.56. The summed E-state index contributed by atoms with van der Waals surface area (Å²) in [5, 5.41) is 9.52. The van der Waals surface area contributed by atoms with Gasteiger partial charge in [-0.2, -0.15) is 0 Å². The molecular formula is C12H18ClNO3S. The average molecular weight is 292 g/mol. The monoisotopic (exact) mass is 291 g/mol. The van der Waals surface area contributed by atoms with E-state index < -0.39 is 16.1 Å². The molecule has 1 atom stereocenters. The molecule has 0 aliphatic rings. The molecule has 0 saturated carbocycles. The molecule has 0 spiro atoms. The van der Waals surface area contributed by atoms with Crippen LogP contribution in [0.5, 0.6) is 0 Å². The van der Waals surface area contributed by atoms with Gasteiger partial charge < -0.3 is 5.11 Å². The van der Waals surface area contributed by atoms with E-state index in [1.807, 2.05) is 0 Å². The van der Waals surface area contributed by atoms with Crippen LogP contribution >= 0.6 is 11.6 Å². The van der Waals surface area contributed by atoms with Gasteiger partial charge in [0.05, 0.1) is 11.0 Å². The lowest BCUT2D eigenvalue weighted by molar-refractivity contribution is 0.182. The van der Waals surface area contributed by atoms with Crippen LogP contribution in [-0.4, -0.2) is 26.2 Å². The smallest absolute Gasteiger partial charge is 0.240 e. The van der Waals surface area contributed by atoms with Gasteiger partial charge in [0.25, 0.3) is 0 Å². The number of sulfonamides is 1. The van der Waals surface area contributed by atoms with Crippen molar-refractivity contribution in [2.45, 2.75) is 37.7 Å². The van der Waals surface area contributed by atoms with Gasteiger partial charge in [-0.3, -0.25) is 0 Å². The lowest BCUT2D eigenvalue weighted by Gasteiger charge is -2.10. The number of nitrogens with one attached hydrogen (secondary N) is 1. The van der Waals surface area contributed by atoms with Crippen LogP contribution in [0.4, 0.5) is 0 Å². The van der Waals surface area contributed by atoms with Crippen molar-refractivity contribution < 1.29 is 13.5 Å². The number of aliphatic hydroxyl groups excluding tert-OH is 1. The SMILES string of the molecule is Cc1c(Cl)cccc1S(=O)(=O)NCCCC(C)O. The van der Waals surface area contributed by atoms with Gasteiger partial charge in [-0.05, 0) is 44.4 Å². The predicted octanol–water partition coefficient (Wildman–Crippen LogP) is 2.09. The van der Waals surface area contributed by atoms with Gasteiger partial charge in [-0.15, -0.1) is 0 Å². The molecule has 4 nitrogen and oxygen atoms in total. The minimum absolute atomic E-state index is 0.201. The Morgan fingerprint density at radius 3 is 2.72 bits per heavy atom. The topological polar surface area (TPSA) is 66.4 Å². The van der Waals surface area contributed by atoms with Crippen molar-refractivity contribution in [1.29, 1.82) is 0 Å². The summed E-state index contributed by atoms with van der Waals surface area (Å²) in [5.74, 6) is 0. The van der Waals surface area contributed by atoms with Gasteiger partial charge in [0, 0.05) is 11.6 Å². The second kappa shape index (κ2) is 6.52. The Bertz CT molecular complexity index is 500. The van der Waals surface area contributed by atoms with Crippen molar-refractivity contribution in [1.82, 2.24) is 4.72 Å². The maximum Gasteiger partial charge on any atom is 0.240 e. The summed E-state index contributed by atoms with van der Waals surface area (Å²) < 4.78 is 26.5. The molecule has 0 fully saturated rings. The molecule has 1 rings (SSSR count). The zero-order valence-corrected chi connectivity index (χ0v) is 12.1. The number of benzene rings is 1. The highest BCUT2D eigenvalue weighted by Crippen LogP contribution is 2.22. The van der Waals surface area contributed by atoms with Gasteiger partial charge in [0.1, 0.15) is 0 Å². The normalized spacial score (nSPS) is 13.6. The van der Waals surface area contributed by atoms with Crippen LogP contribution in [0, 0.1) is 6.92 Å². The molecule has 0 bridgehead atoms. The molecule has 0 amide bonds. The maximum atomic E-state index is 12.0. The van der Waals surface area contributed by atoms with E-state index in [9.17, 15) is 8.42 Å². The first-order valence-electron chi connectivity index (χ1n) is 5.77. The third-order valence-electron chi connectivity index (χ3n) is 2.60. The van der Waals surface area contributed by atoms with Crippen LogP contribution in [-0.2, 0) is 10.0 Å². The lowest BCUT2D eigenvalue weighted by Crippen LogP contribution is -2.26. The number of rotatable bonds is 6. The Kier molecular flexibility index (Phi) is 5.59. The Morgan fingerprint density at radius 2 is 2.11 bits per heavy atom. The Balaban J connectivity index is 2.72. The fourth-order valence-corrected chi connectivity index (χ4v) is 3.13. The molecule has 1 aromatic rings. The zero-order chi connectivity index (χ0) is 13.8. The van der Waals surface area contributed by atoms with Gasteiger partial charge in [0.15, 0.2) is 0 Å². The molecule has 0 radical (unpaired) electrons. The average Bonchev–Trinajstić information content (AvgIpc) is 2.28. The zero-order valence-electron chi connectivity index (χ0n) is 10.5. The third kappa shape index (κ3) is 4.24. The number of aliphatic hydroxyl groups is 1. The standard InChI is InChI=1S/C12H18ClNO3S/c1-9(15)5-4-8-14-18(16,17)12-7-3-6-11(13)10(12)2/h3,6-7,9,14-15H,4-5,8H2,1-2H3. The van der Waals surface area contributed by atoms with Gasteiger partial charge in [-0.25, -0.2) is 13.1 Å². The van der Waals surface area contributed by atoms with Crippen LogP contribution in [0.3, 0.4) is 0 Å². The van der Waals surface area contributed by atoms with E-state index in [0.29, 0.717) is 30.0 Å². The Hall–Kier alpha value is -0.620. The first-order chi connectivity index (χ1) is 8.34. The summed E-state index contributed by atoms with van der Waals surface area (Å²) in [5.41, 5.74) is 0.544. The molecule has 1 unspecified atom stereocenters. The molecule has 0 aromatic heterocycles. The molecule has 18 heavy (non-hydrogen) atoms. The molecule has 6 heteroatoms. The van der Waals surface area contributed by atoms with Gasteiger partial charge in [-0.1, -0.05) is 17.7 Å². The fraction of sp³-hybridized carbons (Fsp3) is 0.500. The number of hydrogen-bond acceptors (Lipinski definition) is 3. The summed E-state index contributed by atoms with van der Waals surface area (Å²) in [6.07, 6.45) is 0.746. The van der Waals surface area contributed by atoms with Crippen LogP contribution in [0.2, 0.25) is 5.02 Å². The van der Waals surface area contributed by atoms with E-state index >= 15 is 0 Å². The summed E-state index contributed by atoms with van der Waals surface area (Å²) in [7, 11) is -3.53. The van der Waals surface area contributed by atoms with Crippen molar-refractivity contribution in [2.75, 3.05) is 6.54 Å². The summed E-state index contributed by atoms with van der Waals surface area (Å²) in [6.45, 7) is 3.65. The van der Waals surface area contributed by atoms with Crippen molar-refractivity contribution in [3.8, 4) is 0 Å². The van der Waals surface area contributed by atoms with Crippen LogP contribution in [0.1, 0.15) is 25.3 Å². The van der Waals surface area contributed by atoms with Crippen molar-refractivity contribution >= 4 is 21.6 Å². The molecular weight excluding hydrogens is 274 g/mol. The molecule has 0 aliphatic heterocycles. The molecule has 0 heterocycles. The number of halogens is 1. The van der Waals surface area contributed by atoms with E-state index in [1.54, 1.807) is 26.0 Å². The first kappa shape index (κ1) is 15.4. The molecule has 0 aliphatic carbocycles. The predicted molar refractivity (Wildman–Crippen MR) is 72.3 cm³/mol. The van der Waals surface area contributed by atoms with E-state index in [4.69, 9.17) is 16.7 Å².